The van der Waals surface area contributed by atoms with E-state index in [1.807, 2.05) is 13.0 Å². The molecule has 16 heavy (non-hydrogen) atoms. The maximum Gasteiger partial charge on any atom is 0.123 e. The summed E-state index contributed by atoms with van der Waals surface area (Å²) in [5.74, 6) is -0.165. The molecule has 88 valence electrons. The van der Waals surface area contributed by atoms with E-state index in [0.29, 0.717) is 6.04 Å². The molecular weight excluding hydrogens is 205 g/mol. The van der Waals surface area contributed by atoms with Crippen LogP contribution < -0.4 is 5.32 Å². The van der Waals surface area contributed by atoms with Crippen LogP contribution in [0.15, 0.2) is 18.2 Å². The maximum absolute atomic E-state index is 12.9. The zero-order valence-electron chi connectivity index (χ0n) is 9.63. The van der Waals surface area contributed by atoms with Gasteiger partial charge in [-0.15, -0.1) is 0 Å². The van der Waals surface area contributed by atoms with Crippen molar-refractivity contribution in [2.45, 2.75) is 32.4 Å². The van der Waals surface area contributed by atoms with E-state index in [1.165, 1.54) is 12.5 Å². The highest BCUT2D eigenvalue weighted by atomic mass is 19.1. The third-order valence-electron chi connectivity index (χ3n) is 3.05. The van der Waals surface area contributed by atoms with Crippen molar-refractivity contribution in [3.05, 3.63) is 35.1 Å². The minimum atomic E-state index is -0.165. The third-order valence-corrected chi connectivity index (χ3v) is 3.05. The van der Waals surface area contributed by atoms with Crippen molar-refractivity contribution < 1.29 is 9.13 Å². The first kappa shape index (κ1) is 11.6. The van der Waals surface area contributed by atoms with E-state index in [0.717, 1.165) is 37.3 Å². The van der Waals surface area contributed by atoms with Crippen molar-refractivity contribution in [3.8, 4) is 0 Å². The standard InChI is InChI=1S/C13H18FNO/c1-10-7-12(14)5-4-11(10)8-15-13-3-2-6-16-9-13/h4-5,7,13,15H,2-3,6,8-9H2,1H3. The Hall–Kier alpha value is -0.930. The Balaban J connectivity index is 1.88. The van der Waals surface area contributed by atoms with E-state index in [4.69, 9.17) is 4.74 Å². The molecule has 1 aromatic rings. The number of ether oxygens (including phenoxy) is 1. The molecule has 0 bridgehead atoms. The van der Waals surface area contributed by atoms with E-state index in [1.54, 1.807) is 6.07 Å². The number of aryl methyl sites for hydroxylation is 1. The maximum atomic E-state index is 12.9. The lowest BCUT2D eigenvalue weighted by molar-refractivity contribution is 0.0699. The minimum Gasteiger partial charge on any atom is -0.380 e. The van der Waals surface area contributed by atoms with E-state index < -0.39 is 0 Å². The molecular formula is C13H18FNO. The van der Waals surface area contributed by atoms with Crippen LogP contribution in [-0.4, -0.2) is 19.3 Å². The first-order chi connectivity index (χ1) is 7.75. The number of nitrogens with one attached hydrogen (secondary N) is 1. The van der Waals surface area contributed by atoms with Gasteiger partial charge in [0.2, 0.25) is 0 Å². The lowest BCUT2D eigenvalue weighted by Gasteiger charge is -2.23. The van der Waals surface area contributed by atoms with Gasteiger partial charge in [-0.1, -0.05) is 6.07 Å². The molecule has 2 nitrogen and oxygen atoms in total. The van der Waals surface area contributed by atoms with Crippen molar-refractivity contribution >= 4 is 0 Å². The van der Waals surface area contributed by atoms with Gasteiger partial charge in [-0.05, 0) is 43.0 Å². The molecule has 0 amide bonds. The van der Waals surface area contributed by atoms with Crippen molar-refractivity contribution in [1.29, 1.82) is 0 Å². The summed E-state index contributed by atoms with van der Waals surface area (Å²) in [6.07, 6.45) is 2.29. The van der Waals surface area contributed by atoms with Crippen LogP contribution in [0.3, 0.4) is 0 Å². The number of rotatable bonds is 3. The Morgan fingerprint density at radius 2 is 2.38 bits per heavy atom. The molecule has 1 atom stereocenters. The van der Waals surface area contributed by atoms with Gasteiger partial charge in [-0.25, -0.2) is 4.39 Å². The second-order valence-corrected chi connectivity index (χ2v) is 4.37. The SMILES string of the molecule is Cc1cc(F)ccc1CNC1CCCOC1. The molecule has 1 saturated heterocycles. The van der Waals surface area contributed by atoms with Gasteiger partial charge < -0.3 is 10.1 Å². The number of hydrogen-bond donors (Lipinski definition) is 1. The summed E-state index contributed by atoms with van der Waals surface area (Å²) in [6.45, 7) is 4.41. The molecule has 2 rings (SSSR count). The van der Waals surface area contributed by atoms with Crippen molar-refractivity contribution in [2.75, 3.05) is 13.2 Å². The molecule has 0 spiro atoms. The van der Waals surface area contributed by atoms with Crippen LogP contribution in [0.25, 0.3) is 0 Å². The van der Waals surface area contributed by atoms with Crippen LogP contribution in [0, 0.1) is 12.7 Å². The molecule has 1 aliphatic heterocycles. The van der Waals surface area contributed by atoms with E-state index in [-0.39, 0.29) is 5.82 Å². The first-order valence-electron chi connectivity index (χ1n) is 5.82. The predicted molar refractivity (Wildman–Crippen MR) is 61.8 cm³/mol. The van der Waals surface area contributed by atoms with Crippen LogP contribution in [-0.2, 0) is 11.3 Å². The van der Waals surface area contributed by atoms with Gasteiger partial charge >= 0.3 is 0 Å². The van der Waals surface area contributed by atoms with E-state index in [2.05, 4.69) is 5.32 Å². The molecule has 0 aliphatic carbocycles. The average Bonchev–Trinajstić information content (AvgIpc) is 2.29. The Morgan fingerprint density at radius 1 is 1.50 bits per heavy atom. The largest absolute Gasteiger partial charge is 0.380 e. The number of hydrogen-bond acceptors (Lipinski definition) is 2. The van der Waals surface area contributed by atoms with E-state index in [9.17, 15) is 4.39 Å². The summed E-state index contributed by atoms with van der Waals surface area (Å²) in [4.78, 5) is 0. The first-order valence-corrected chi connectivity index (χ1v) is 5.82. The molecule has 1 unspecified atom stereocenters. The summed E-state index contributed by atoms with van der Waals surface area (Å²) < 4.78 is 18.3. The van der Waals surface area contributed by atoms with Crippen molar-refractivity contribution in [2.24, 2.45) is 0 Å². The fourth-order valence-electron chi connectivity index (χ4n) is 2.01. The number of halogens is 1. The zero-order chi connectivity index (χ0) is 11.4. The average molecular weight is 223 g/mol. The third kappa shape index (κ3) is 3.03. The van der Waals surface area contributed by atoms with Crippen LogP contribution >= 0.6 is 0 Å². The van der Waals surface area contributed by atoms with Gasteiger partial charge in [0.05, 0.1) is 6.61 Å². The summed E-state index contributed by atoms with van der Waals surface area (Å²) in [6, 6.07) is 5.38. The molecule has 3 heteroatoms. The Morgan fingerprint density at radius 3 is 3.06 bits per heavy atom. The summed E-state index contributed by atoms with van der Waals surface area (Å²) in [5, 5.41) is 3.45. The van der Waals surface area contributed by atoms with Crippen LogP contribution in [0.2, 0.25) is 0 Å². The minimum absolute atomic E-state index is 0.165. The van der Waals surface area contributed by atoms with Gasteiger partial charge in [0.15, 0.2) is 0 Å². The second-order valence-electron chi connectivity index (χ2n) is 4.37. The quantitative estimate of drug-likeness (QED) is 0.849. The van der Waals surface area contributed by atoms with Crippen LogP contribution in [0.5, 0.6) is 0 Å². The van der Waals surface area contributed by atoms with Crippen molar-refractivity contribution in [1.82, 2.24) is 5.32 Å². The highest BCUT2D eigenvalue weighted by molar-refractivity contribution is 5.26. The Bertz CT molecular complexity index is 348. The molecule has 1 heterocycles. The molecule has 1 fully saturated rings. The van der Waals surface area contributed by atoms with Crippen LogP contribution in [0.4, 0.5) is 4.39 Å². The summed E-state index contributed by atoms with van der Waals surface area (Å²) in [7, 11) is 0. The highest BCUT2D eigenvalue weighted by Gasteiger charge is 2.13. The van der Waals surface area contributed by atoms with Gasteiger partial charge in [-0.2, -0.15) is 0 Å². The fraction of sp³-hybridized carbons (Fsp3) is 0.538. The highest BCUT2D eigenvalue weighted by Crippen LogP contribution is 2.11. The Kier molecular flexibility index (Phi) is 3.91. The smallest absolute Gasteiger partial charge is 0.123 e. The second kappa shape index (κ2) is 5.41. The van der Waals surface area contributed by atoms with E-state index >= 15 is 0 Å². The van der Waals surface area contributed by atoms with Gasteiger partial charge in [-0.3, -0.25) is 0 Å². The molecule has 1 N–H and O–H groups in total. The molecule has 0 radical (unpaired) electrons. The summed E-state index contributed by atoms with van der Waals surface area (Å²) >= 11 is 0. The molecule has 0 aromatic heterocycles. The van der Waals surface area contributed by atoms with Gasteiger partial charge in [0.25, 0.3) is 0 Å². The lowest BCUT2D eigenvalue weighted by Crippen LogP contribution is -2.36. The normalized spacial score (nSPS) is 21.0. The Labute approximate surface area is 95.8 Å². The predicted octanol–water partition coefficient (Wildman–Crippen LogP) is 2.40. The lowest BCUT2D eigenvalue weighted by atomic mass is 10.1. The number of benzene rings is 1. The molecule has 1 aliphatic rings. The summed E-state index contributed by atoms with van der Waals surface area (Å²) in [5.41, 5.74) is 2.16. The van der Waals surface area contributed by atoms with Crippen molar-refractivity contribution in [3.63, 3.8) is 0 Å². The van der Waals surface area contributed by atoms with Gasteiger partial charge in [0.1, 0.15) is 5.82 Å². The fourth-order valence-corrected chi connectivity index (χ4v) is 2.01. The zero-order valence-corrected chi connectivity index (χ0v) is 9.63. The monoisotopic (exact) mass is 223 g/mol. The van der Waals surface area contributed by atoms with Gasteiger partial charge in [0, 0.05) is 19.2 Å². The molecule has 1 aromatic carbocycles. The molecule has 0 saturated carbocycles. The topological polar surface area (TPSA) is 21.3 Å². The van der Waals surface area contributed by atoms with Crippen LogP contribution in [0.1, 0.15) is 24.0 Å².